The van der Waals surface area contributed by atoms with Crippen LogP contribution >= 0.6 is 0 Å². The Morgan fingerprint density at radius 1 is 1.04 bits per heavy atom. The van der Waals surface area contributed by atoms with E-state index < -0.39 is 15.1 Å². The minimum absolute atomic E-state index is 0.0652. The average Bonchev–Trinajstić information content (AvgIpc) is 3.35. The highest BCUT2D eigenvalue weighted by Gasteiger charge is 2.26. The number of fused-ring (bicyclic) bond motifs is 1. The molecule has 1 aliphatic heterocycles. The summed E-state index contributed by atoms with van der Waals surface area (Å²) in [6.45, 7) is 13.3. The molecule has 0 bridgehead atoms. The smallest absolute Gasteiger partial charge is 0.231 e. The molecule has 1 saturated heterocycles. The number of primary amides is 1. The molecule has 11 nitrogen and oxygen atoms in total. The Morgan fingerprint density at radius 2 is 1.76 bits per heavy atom. The molecule has 4 aromatic rings. The third-order valence-electron chi connectivity index (χ3n) is 8.07. The molecule has 0 unspecified atom stereocenters. The predicted molar refractivity (Wildman–Crippen MR) is 179 cm³/mol. The van der Waals surface area contributed by atoms with Gasteiger partial charge in [0.2, 0.25) is 11.9 Å². The number of likely N-dealkylation sites (tertiary alicyclic amines) is 1. The van der Waals surface area contributed by atoms with Gasteiger partial charge in [-0.05, 0) is 115 Å². The number of ether oxygens (including phenoxy) is 1. The van der Waals surface area contributed by atoms with Gasteiger partial charge in [0.1, 0.15) is 17.2 Å². The van der Waals surface area contributed by atoms with E-state index in [1.165, 1.54) is 5.56 Å². The van der Waals surface area contributed by atoms with Gasteiger partial charge in [-0.3, -0.25) is 9.69 Å². The summed E-state index contributed by atoms with van der Waals surface area (Å²) in [5.41, 5.74) is 10.4. The Labute approximate surface area is 264 Å². The molecule has 5 N–H and O–H groups in total. The zero-order valence-electron chi connectivity index (χ0n) is 26.8. The maximum absolute atomic E-state index is 13.2. The zero-order valence-corrected chi connectivity index (χ0v) is 27.6. The van der Waals surface area contributed by atoms with E-state index in [4.69, 9.17) is 20.4 Å². The van der Waals surface area contributed by atoms with Gasteiger partial charge in [-0.2, -0.15) is 9.97 Å². The number of hydrogen-bond acceptors (Lipinski definition) is 9. The van der Waals surface area contributed by atoms with Gasteiger partial charge in [-0.25, -0.2) is 8.42 Å². The number of aromatic nitrogens is 3. The average molecular weight is 634 g/mol. The summed E-state index contributed by atoms with van der Waals surface area (Å²) in [4.78, 5) is 26.6. The number of sulfone groups is 1. The number of nitrogens with zero attached hydrogens (tertiary/aromatic N) is 3. The Balaban J connectivity index is 1.49. The van der Waals surface area contributed by atoms with Crippen LogP contribution in [-0.4, -0.2) is 65.2 Å². The van der Waals surface area contributed by atoms with E-state index in [1.54, 1.807) is 38.1 Å². The van der Waals surface area contributed by atoms with Crippen LogP contribution < -0.4 is 21.1 Å². The molecule has 0 saturated carbocycles. The van der Waals surface area contributed by atoms with Crippen molar-refractivity contribution in [1.29, 1.82) is 0 Å². The number of aryl methyl sites for hydroxylation is 2. The van der Waals surface area contributed by atoms with Crippen molar-refractivity contribution in [1.82, 2.24) is 19.9 Å². The van der Waals surface area contributed by atoms with Gasteiger partial charge >= 0.3 is 0 Å². The molecule has 0 radical (unpaired) electrons. The number of nitrogens with one attached hydrogen (secondary N) is 3. The molecule has 45 heavy (non-hydrogen) atoms. The van der Waals surface area contributed by atoms with Crippen molar-refractivity contribution in [3.63, 3.8) is 0 Å². The lowest BCUT2D eigenvalue weighted by Gasteiger charge is -2.32. The van der Waals surface area contributed by atoms with Crippen LogP contribution in [0.25, 0.3) is 11.0 Å². The molecule has 0 spiro atoms. The van der Waals surface area contributed by atoms with E-state index in [2.05, 4.69) is 39.6 Å². The highest BCUT2D eigenvalue weighted by atomic mass is 32.2. The fraction of sp³-hybridized carbons (Fsp3) is 0.424. The first-order chi connectivity index (χ1) is 21.3. The summed E-state index contributed by atoms with van der Waals surface area (Å²) in [7, 11) is -3.55. The zero-order chi connectivity index (χ0) is 32.5. The molecule has 0 atom stereocenters. The molecule has 12 heteroatoms. The SMILES string of the molecule is Cc1cc2c(Nc3ccccc3S(=O)(=O)C(C)C)nc(Nc3cc(C)c(C4CCN(CC(N)=O)CC4)cc3OC(C)C)nc2[nH]1. The number of piperidine rings is 1. The predicted octanol–water partition coefficient (Wildman–Crippen LogP) is 5.70. The number of benzene rings is 2. The normalized spacial score (nSPS) is 14.8. The van der Waals surface area contributed by atoms with Crippen molar-refractivity contribution in [3.05, 3.63) is 59.3 Å². The van der Waals surface area contributed by atoms with Crippen molar-refractivity contribution >= 4 is 49.9 Å². The molecule has 2 aromatic carbocycles. The monoisotopic (exact) mass is 633 g/mol. The lowest BCUT2D eigenvalue weighted by molar-refractivity contribution is -0.119. The Kier molecular flexibility index (Phi) is 9.36. The Bertz CT molecular complexity index is 1810. The number of carbonyl (C=O) groups excluding carboxylic acids is 1. The Morgan fingerprint density at radius 3 is 2.42 bits per heavy atom. The molecule has 1 amide bonds. The van der Waals surface area contributed by atoms with Gasteiger partial charge < -0.3 is 26.1 Å². The van der Waals surface area contributed by atoms with E-state index in [9.17, 15) is 13.2 Å². The Hall–Kier alpha value is -4.16. The lowest BCUT2D eigenvalue weighted by Crippen LogP contribution is -2.39. The van der Waals surface area contributed by atoms with Gasteiger partial charge in [-0.1, -0.05) is 12.1 Å². The van der Waals surface area contributed by atoms with Crippen LogP contribution in [0.3, 0.4) is 0 Å². The fourth-order valence-electron chi connectivity index (χ4n) is 5.83. The van der Waals surface area contributed by atoms with Crippen LogP contribution in [0.2, 0.25) is 0 Å². The molecule has 240 valence electrons. The van der Waals surface area contributed by atoms with Gasteiger partial charge in [0, 0.05) is 5.69 Å². The number of anilines is 4. The van der Waals surface area contributed by atoms with Gasteiger partial charge in [0.05, 0.1) is 39.6 Å². The summed E-state index contributed by atoms with van der Waals surface area (Å²) < 4.78 is 32.6. The van der Waals surface area contributed by atoms with Crippen LogP contribution in [0.15, 0.2) is 47.4 Å². The summed E-state index contributed by atoms with van der Waals surface area (Å²) in [6, 6.07) is 13.0. The number of aromatic amines is 1. The van der Waals surface area contributed by atoms with Crippen LogP contribution in [0.4, 0.5) is 23.1 Å². The van der Waals surface area contributed by atoms with Gasteiger partial charge in [0.25, 0.3) is 0 Å². The van der Waals surface area contributed by atoms with Crippen molar-refractivity contribution in [2.24, 2.45) is 5.73 Å². The molecule has 1 fully saturated rings. The first kappa shape index (κ1) is 32.2. The molecule has 2 aromatic heterocycles. The van der Waals surface area contributed by atoms with E-state index in [1.807, 2.05) is 26.8 Å². The highest BCUT2D eigenvalue weighted by Crippen LogP contribution is 2.39. The van der Waals surface area contributed by atoms with Crippen LogP contribution in [0.5, 0.6) is 5.75 Å². The van der Waals surface area contributed by atoms with Crippen molar-refractivity contribution in [3.8, 4) is 5.75 Å². The van der Waals surface area contributed by atoms with Gasteiger partial charge in [-0.15, -0.1) is 0 Å². The first-order valence-electron chi connectivity index (χ1n) is 15.4. The molecular formula is C33H43N7O4S. The minimum Gasteiger partial charge on any atom is -0.489 e. The first-order valence-corrected chi connectivity index (χ1v) is 16.9. The van der Waals surface area contributed by atoms with Crippen molar-refractivity contribution in [2.75, 3.05) is 30.3 Å². The number of amides is 1. The second-order valence-corrected chi connectivity index (χ2v) is 14.8. The molecular weight excluding hydrogens is 590 g/mol. The van der Waals surface area contributed by atoms with E-state index in [0.717, 1.165) is 48.3 Å². The number of hydrogen-bond donors (Lipinski definition) is 4. The minimum atomic E-state index is -3.55. The van der Waals surface area contributed by atoms with Crippen LogP contribution in [0, 0.1) is 13.8 Å². The molecule has 0 aliphatic carbocycles. The maximum Gasteiger partial charge on any atom is 0.231 e. The van der Waals surface area contributed by atoms with Crippen LogP contribution in [-0.2, 0) is 14.6 Å². The summed E-state index contributed by atoms with van der Waals surface area (Å²) >= 11 is 0. The third kappa shape index (κ3) is 7.23. The molecule has 3 heterocycles. The standard InChI is InChI=1S/C33H43N7O4S/c1-19(2)44-28-17-24(23-11-13-40(14-12-23)18-30(34)41)21(5)15-27(28)37-33-38-31-25(16-22(6)35-31)32(39-33)36-26-9-7-8-10-29(26)45(42,43)20(3)4/h7-10,15-17,19-20,23H,11-14,18H2,1-6H3,(H2,34,41)(H3,35,36,37,38,39). The summed E-state index contributed by atoms with van der Waals surface area (Å²) in [5, 5.41) is 6.83. The van der Waals surface area contributed by atoms with Crippen LogP contribution in [0.1, 0.15) is 63.3 Å². The van der Waals surface area contributed by atoms with E-state index in [-0.39, 0.29) is 23.5 Å². The number of H-pyrrole nitrogens is 1. The van der Waals surface area contributed by atoms with E-state index >= 15 is 0 Å². The summed E-state index contributed by atoms with van der Waals surface area (Å²) in [5.74, 6) is 1.53. The number of para-hydroxylation sites is 1. The molecule has 1 aliphatic rings. The van der Waals surface area contributed by atoms with Gasteiger partial charge in [0.15, 0.2) is 9.84 Å². The largest absolute Gasteiger partial charge is 0.489 e. The third-order valence-corrected chi connectivity index (χ3v) is 10.3. The second-order valence-electron chi connectivity index (χ2n) is 12.3. The number of rotatable bonds is 11. The quantitative estimate of drug-likeness (QED) is 0.163. The number of nitrogens with two attached hydrogens (primary N) is 1. The summed E-state index contributed by atoms with van der Waals surface area (Å²) in [6.07, 6.45) is 1.79. The molecule has 5 rings (SSSR count). The van der Waals surface area contributed by atoms with Crippen molar-refractivity contribution in [2.45, 2.75) is 76.6 Å². The number of carbonyl (C=O) groups is 1. The maximum atomic E-state index is 13.2. The van der Waals surface area contributed by atoms with E-state index in [0.29, 0.717) is 34.8 Å². The fourth-order valence-corrected chi connectivity index (χ4v) is 7.03. The lowest BCUT2D eigenvalue weighted by atomic mass is 9.86. The second kappa shape index (κ2) is 13.1. The topological polar surface area (TPSA) is 155 Å². The highest BCUT2D eigenvalue weighted by molar-refractivity contribution is 7.92. The van der Waals surface area contributed by atoms with Crippen molar-refractivity contribution < 1.29 is 17.9 Å².